The third kappa shape index (κ3) is 5.26. The Balaban J connectivity index is 0.00000225. The van der Waals surface area contributed by atoms with Crippen LogP contribution in [0.25, 0.3) is 10.9 Å². The molecule has 1 aromatic heterocycles. The predicted octanol–water partition coefficient (Wildman–Crippen LogP) is 3.92. The highest BCUT2D eigenvalue weighted by Crippen LogP contribution is 2.36. The molecule has 1 aliphatic rings. The van der Waals surface area contributed by atoms with E-state index in [0.29, 0.717) is 4.75 Å². The molecule has 3 N–H and O–H groups in total. The Hall–Kier alpha value is -0.960. The van der Waals surface area contributed by atoms with Crippen molar-refractivity contribution in [2.45, 2.75) is 30.9 Å². The van der Waals surface area contributed by atoms with Crippen LogP contribution in [0.4, 0.5) is 4.39 Å². The second-order valence-corrected chi connectivity index (χ2v) is 8.19. The van der Waals surface area contributed by atoms with Gasteiger partial charge in [0.2, 0.25) is 0 Å². The number of aliphatic imine (C=N–C) groups is 1. The third-order valence-electron chi connectivity index (χ3n) is 4.57. The molecular formula is C18H26FIN4S. The standard InChI is InChI=1S/C18H25FN4S.HI/c1-18(7-3-9-24-18)12-23-17(20-2)21-8-6-13-11-22-16-5-4-14(19)10-15(13)16;/h4-5,10-11,22H,3,6-9,12H2,1-2H3,(H2,20,21,23);1H. The van der Waals surface area contributed by atoms with Crippen LogP contribution >= 0.6 is 35.7 Å². The number of hydrogen-bond donors (Lipinski definition) is 3. The van der Waals surface area contributed by atoms with Crippen molar-refractivity contribution >= 4 is 52.6 Å². The monoisotopic (exact) mass is 476 g/mol. The van der Waals surface area contributed by atoms with Crippen LogP contribution in [-0.4, -0.2) is 41.6 Å². The minimum atomic E-state index is -0.198. The van der Waals surface area contributed by atoms with E-state index >= 15 is 0 Å². The zero-order valence-electron chi connectivity index (χ0n) is 14.7. The fraction of sp³-hybridized carbons (Fsp3) is 0.500. The molecule has 0 spiro atoms. The van der Waals surface area contributed by atoms with Crippen molar-refractivity contribution in [3.8, 4) is 0 Å². The molecule has 1 saturated heterocycles. The van der Waals surface area contributed by atoms with Gasteiger partial charge in [-0.15, -0.1) is 24.0 Å². The SMILES string of the molecule is CN=C(NCCc1c[nH]c2ccc(F)cc12)NCC1(C)CCCS1.I. The van der Waals surface area contributed by atoms with Crippen LogP contribution in [0.15, 0.2) is 29.4 Å². The number of hydrogen-bond acceptors (Lipinski definition) is 2. The summed E-state index contributed by atoms with van der Waals surface area (Å²) in [5, 5.41) is 7.73. The summed E-state index contributed by atoms with van der Waals surface area (Å²) in [6.45, 7) is 3.99. The number of nitrogens with one attached hydrogen (secondary N) is 3. The quantitative estimate of drug-likeness (QED) is 0.349. The summed E-state index contributed by atoms with van der Waals surface area (Å²) >= 11 is 2.04. The van der Waals surface area contributed by atoms with Gasteiger partial charge in [0.1, 0.15) is 5.82 Å². The first-order chi connectivity index (χ1) is 11.6. The van der Waals surface area contributed by atoms with E-state index in [2.05, 4.69) is 27.5 Å². The summed E-state index contributed by atoms with van der Waals surface area (Å²) in [6, 6.07) is 4.85. The van der Waals surface area contributed by atoms with Gasteiger partial charge in [-0.25, -0.2) is 4.39 Å². The largest absolute Gasteiger partial charge is 0.361 e. The van der Waals surface area contributed by atoms with Crippen molar-refractivity contribution in [2.75, 3.05) is 25.9 Å². The number of guanidine groups is 1. The molecule has 3 rings (SSSR count). The molecule has 138 valence electrons. The van der Waals surface area contributed by atoms with E-state index in [-0.39, 0.29) is 29.8 Å². The molecule has 4 nitrogen and oxygen atoms in total. The molecule has 2 heterocycles. The van der Waals surface area contributed by atoms with E-state index < -0.39 is 0 Å². The molecule has 1 unspecified atom stereocenters. The highest BCUT2D eigenvalue weighted by molar-refractivity contribution is 14.0. The number of fused-ring (bicyclic) bond motifs is 1. The lowest BCUT2D eigenvalue weighted by Gasteiger charge is -2.24. The van der Waals surface area contributed by atoms with E-state index in [9.17, 15) is 4.39 Å². The number of aromatic nitrogens is 1. The van der Waals surface area contributed by atoms with E-state index in [1.165, 1.54) is 24.7 Å². The maximum absolute atomic E-state index is 13.4. The molecule has 0 bridgehead atoms. The molecule has 1 fully saturated rings. The van der Waals surface area contributed by atoms with Gasteiger partial charge in [-0.2, -0.15) is 11.8 Å². The lowest BCUT2D eigenvalue weighted by Crippen LogP contribution is -2.44. The first-order valence-electron chi connectivity index (χ1n) is 8.44. The van der Waals surface area contributed by atoms with E-state index in [0.717, 1.165) is 41.9 Å². The van der Waals surface area contributed by atoms with Gasteiger partial charge in [0.15, 0.2) is 5.96 Å². The number of thioether (sulfide) groups is 1. The average Bonchev–Trinajstić information content (AvgIpc) is 3.17. The van der Waals surface area contributed by atoms with E-state index in [1.54, 1.807) is 19.2 Å². The Morgan fingerprint density at radius 3 is 2.96 bits per heavy atom. The van der Waals surface area contributed by atoms with Crippen LogP contribution < -0.4 is 10.6 Å². The molecule has 1 aromatic carbocycles. The second kappa shape index (κ2) is 9.12. The summed E-state index contributed by atoms with van der Waals surface area (Å²) in [5.41, 5.74) is 2.09. The molecule has 2 aromatic rings. The number of H-pyrrole nitrogens is 1. The van der Waals surface area contributed by atoms with Gasteiger partial charge >= 0.3 is 0 Å². The van der Waals surface area contributed by atoms with Crippen LogP contribution in [-0.2, 0) is 6.42 Å². The minimum Gasteiger partial charge on any atom is -0.361 e. The normalized spacial score (nSPS) is 20.5. The first kappa shape index (κ1) is 20.4. The topological polar surface area (TPSA) is 52.2 Å². The lowest BCUT2D eigenvalue weighted by molar-refractivity contribution is 0.584. The van der Waals surface area contributed by atoms with Crippen molar-refractivity contribution < 1.29 is 4.39 Å². The maximum Gasteiger partial charge on any atom is 0.191 e. The van der Waals surface area contributed by atoms with Gasteiger partial charge < -0.3 is 15.6 Å². The Bertz CT molecular complexity index is 725. The van der Waals surface area contributed by atoms with Gasteiger partial charge in [0, 0.05) is 42.0 Å². The van der Waals surface area contributed by atoms with Gasteiger partial charge in [-0.3, -0.25) is 4.99 Å². The van der Waals surface area contributed by atoms with E-state index in [4.69, 9.17) is 0 Å². The van der Waals surface area contributed by atoms with Gasteiger partial charge in [-0.05, 0) is 55.7 Å². The number of halogens is 2. The molecular weight excluding hydrogens is 450 g/mol. The van der Waals surface area contributed by atoms with Crippen molar-refractivity contribution in [3.63, 3.8) is 0 Å². The maximum atomic E-state index is 13.4. The summed E-state index contributed by atoms with van der Waals surface area (Å²) in [4.78, 5) is 7.48. The van der Waals surface area contributed by atoms with Gasteiger partial charge in [-0.1, -0.05) is 0 Å². The summed E-state index contributed by atoms with van der Waals surface area (Å²) in [6.07, 6.45) is 5.32. The Labute approximate surface area is 169 Å². The van der Waals surface area contributed by atoms with Crippen LogP contribution in [0, 0.1) is 5.82 Å². The number of rotatable bonds is 5. The fourth-order valence-corrected chi connectivity index (χ4v) is 4.38. The first-order valence-corrected chi connectivity index (χ1v) is 9.42. The van der Waals surface area contributed by atoms with Crippen molar-refractivity contribution in [2.24, 2.45) is 4.99 Å². The highest BCUT2D eigenvalue weighted by Gasteiger charge is 2.29. The van der Waals surface area contributed by atoms with Crippen molar-refractivity contribution in [1.29, 1.82) is 0 Å². The predicted molar refractivity (Wildman–Crippen MR) is 117 cm³/mol. The Morgan fingerprint density at radius 1 is 1.40 bits per heavy atom. The number of aromatic amines is 1. The summed E-state index contributed by atoms with van der Waals surface area (Å²) in [7, 11) is 1.79. The van der Waals surface area contributed by atoms with Crippen LogP contribution in [0.5, 0.6) is 0 Å². The number of nitrogens with zero attached hydrogens (tertiary/aromatic N) is 1. The average molecular weight is 476 g/mol. The molecule has 0 radical (unpaired) electrons. The zero-order chi connectivity index (χ0) is 17.0. The fourth-order valence-electron chi connectivity index (χ4n) is 3.14. The van der Waals surface area contributed by atoms with Crippen molar-refractivity contribution in [3.05, 3.63) is 35.8 Å². The molecule has 0 aliphatic carbocycles. The molecule has 1 aliphatic heterocycles. The van der Waals surface area contributed by atoms with Gasteiger partial charge in [0.25, 0.3) is 0 Å². The summed E-state index contributed by atoms with van der Waals surface area (Å²) < 4.78 is 13.7. The van der Waals surface area contributed by atoms with E-state index in [1.807, 2.05) is 18.0 Å². The molecule has 25 heavy (non-hydrogen) atoms. The lowest BCUT2D eigenvalue weighted by atomic mass is 10.1. The van der Waals surface area contributed by atoms with Crippen LogP contribution in [0.1, 0.15) is 25.3 Å². The van der Waals surface area contributed by atoms with Crippen LogP contribution in [0.2, 0.25) is 0 Å². The molecule has 0 saturated carbocycles. The Kier molecular flexibility index (Phi) is 7.42. The third-order valence-corrected chi connectivity index (χ3v) is 6.11. The smallest absolute Gasteiger partial charge is 0.191 e. The zero-order valence-corrected chi connectivity index (χ0v) is 17.8. The van der Waals surface area contributed by atoms with Gasteiger partial charge in [0.05, 0.1) is 0 Å². The minimum absolute atomic E-state index is 0. The van der Waals surface area contributed by atoms with Crippen LogP contribution in [0.3, 0.4) is 0 Å². The molecule has 7 heteroatoms. The highest BCUT2D eigenvalue weighted by atomic mass is 127. The summed E-state index contributed by atoms with van der Waals surface area (Å²) in [5.74, 6) is 1.88. The molecule has 0 amide bonds. The second-order valence-electron chi connectivity index (χ2n) is 6.51. The number of benzene rings is 1. The molecule has 1 atom stereocenters. The Morgan fingerprint density at radius 2 is 2.24 bits per heavy atom. The van der Waals surface area contributed by atoms with Crippen molar-refractivity contribution in [1.82, 2.24) is 15.6 Å².